The standard InChI is InChI=1S/C19H21N5O3/c25-17(20-14-6-7-14)19(27)23-12-10-22(11-13-23)18(26)16-8-9-24(21-16)15-4-2-1-3-5-15/h1-5,8-9,14H,6-7,10-13H2,(H,20,25). The number of nitrogens with one attached hydrogen (secondary N) is 1. The third kappa shape index (κ3) is 3.84. The van der Waals surface area contributed by atoms with Gasteiger partial charge in [-0.15, -0.1) is 0 Å². The summed E-state index contributed by atoms with van der Waals surface area (Å²) in [6.45, 7) is 1.48. The van der Waals surface area contributed by atoms with Crippen LogP contribution < -0.4 is 5.32 Å². The van der Waals surface area contributed by atoms with Crippen LogP contribution in [0.5, 0.6) is 0 Å². The molecule has 1 N–H and O–H groups in total. The lowest BCUT2D eigenvalue weighted by atomic mass is 10.2. The average molecular weight is 367 g/mol. The maximum atomic E-state index is 12.7. The first-order valence-corrected chi connectivity index (χ1v) is 9.12. The van der Waals surface area contributed by atoms with Crippen molar-refractivity contribution >= 4 is 17.7 Å². The van der Waals surface area contributed by atoms with E-state index in [0.29, 0.717) is 31.9 Å². The van der Waals surface area contributed by atoms with Crippen molar-refractivity contribution in [3.63, 3.8) is 0 Å². The van der Waals surface area contributed by atoms with E-state index in [1.54, 1.807) is 21.8 Å². The van der Waals surface area contributed by atoms with Crippen LogP contribution in [-0.2, 0) is 9.59 Å². The fourth-order valence-corrected chi connectivity index (χ4v) is 3.06. The fourth-order valence-electron chi connectivity index (χ4n) is 3.06. The van der Waals surface area contributed by atoms with E-state index in [9.17, 15) is 14.4 Å². The van der Waals surface area contributed by atoms with E-state index in [0.717, 1.165) is 18.5 Å². The zero-order chi connectivity index (χ0) is 18.8. The largest absolute Gasteiger partial charge is 0.345 e. The van der Waals surface area contributed by atoms with Crippen LogP contribution in [0, 0.1) is 0 Å². The summed E-state index contributed by atoms with van der Waals surface area (Å²) in [6, 6.07) is 11.4. The summed E-state index contributed by atoms with van der Waals surface area (Å²) >= 11 is 0. The van der Waals surface area contributed by atoms with Gasteiger partial charge in [0.2, 0.25) is 0 Å². The molecule has 8 nitrogen and oxygen atoms in total. The number of hydrogen-bond donors (Lipinski definition) is 1. The second kappa shape index (κ2) is 7.22. The zero-order valence-electron chi connectivity index (χ0n) is 14.9. The van der Waals surface area contributed by atoms with Gasteiger partial charge in [0.05, 0.1) is 5.69 Å². The van der Waals surface area contributed by atoms with Gasteiger partial charge in [0.1, 0.15) is 0 Å². The van der Waals surface area contributed by atoms with E-state index in [1.165, 1.54) is 4.90 Å². The quantitative estimate of drug-likeness (QED) is 0.798. The molecule has 1 saturated heterocycles. The first-order chi connectivity index (χ1) is 13.1. The molecule has 2 aliphatic rings. The Hall–Kier alpha value is -3.16. The number of carbonyl (C=O) groups is 3. The van der Waals surface area contributed by atoms with Gasteiger partial charge in [-0.25, -0.2) is 4.68 Å². The molecule has 0 radical (unpaired) electrons. The molecular weight excluding hydrogens is 346 g/mol. The van der Waals surface area contributed by atoms with Crippen LogP contribution in [-0.4, -0.2) is 69.5 Å². The summed E-state index contributed by atoms with van der Waals surface area (Å²) < 4.78 is 1.66. The van der Waals surface area contributed by atoms with Crippen LogP contribution in [0.4, 0.5) is 0 Å². The maximum absolute atomic E-state index is 12.7. The van der Waals surface area contributed by atoms with Crippen LogP contribution in [0.2, 0.25) is 0 Å². The van der Waals surface area contributed by atoms with Crippen LogP contribution in [0.3, 0.4) is 0 Å². The number of para-hydroxylation sites is 1. The zero-order valence-corrected chi connectivity index (χ0v) is 14.9. The van der Waals surface area contributed by atoms with E-state index in [1.807, 2.05) is 30.3 Å². The summed E-state index contributed by atoms with van der Waals surface area (Å²) in [5, 5.41) is 7.06. The molecule has 3 amide bonds. The van der Waals surface area contributed by atoms with E-state index in [-0.39, 0.29) is 11.9 Å². The number of hydrogen-bond acceptors (Lipinski definition) is 4. The number of nitrogens with zero attached hydrogens (tertiary/aromatic N) is 4. The molecule has 8 heteroatoms. The predicted octanol–water partition coefficient (Wildman–Crippen LogP) is 0.435. The number of benzene rings is 1. The van der Waals surface area contributed by atoms with Gasteiger partial charge in [-0.05, 0) is 31.0 Å². The first kappa shape index (κ1) is 17.3. The number of carbonyl (C=O) groups excluding carboxylic acids is 3. The lowest BCUT2D eigenvalue weighted by Gasteiger charge is -2.34. The van der Waals surface area contributed by atoms with Gasteiger partial charge in [0, 0.05) is 38.4 Å². The Kier molecular flexibility index (Phi) is 4.62. The van der Waals surface area contributed by atoms with Crippen LogP contribution >= 0.6 is 0 Å². The Morgan fingerprint density at radius 1 is 0.926 bits per heavy atom. The van der Waals surface area contributed by atoms with Crippen molar-refractivity contribution in [3.8, 4) is 5.69 Å². The highest BCUT2D eigenvalue weighted by atomic mass is 16.2. The molecule has 0 atom stereocenters. The Labute approximate surface area is 156 Å². The molecule has 0 bridgehead atoms. The third-order valence-electron chi connectivity index (χ3n) is 4.79. The fraction of sp³-hybridized carbons (Fsp3) is 0.368. The highest BCUT2D eigenvalue weighted by Crippen LogP contribution is 2.18. The molecule has 27 heavy (non-hydrogen) atoms. The van der Waals surface area contributed by atoms with Crippen molar-refractivity contribution in [2.45, 2.75) is 18.9 Å². The van der Waals surface area contributed by atoms with Crippen LogP contribution in [0.25, 0.3) is 5.69 Å². The minimum Gasteiger partial charge on any atom is -0.345 e. The van der Waals surface area contributed by atoms with Crippen molar-refractivity contribution < 1.29 is 14.4 Å². The van der Waals surface area contributed by atoms with Crippen molar-refractivity contribution in [2.75, 3.05) is 26.2 Å². The number of amides is 3. The van der Waals surface area contributed by atoms with Gasteiger partial charge in [0.15, 0.2) is 5.69 Å². The summed E-state index contributed by atoms with van der Waals surface area (Å²) in [6.07, 6.45) is 3.64. The number of rotatable bonds is 3. The average Bonchev–Trinajstić information content (AvgIpc) is 3.39. The minimum atomic E-state index is -0.543. The molecule has 1 saturated carbocycles. The van der Waals surface area contributed by atoms with Crippen LogP contribution in [0.1, 0.15) is 23.3 Å². The predicted molar refractivity (Wildman–Crippen MR) is 97.2 cm³/mol. The second-order valence-corrected chi connectivity index (χ2v) is 6.81. The van der Waals surface area contributed by atoms with Gasteiger partial charge >= 0.3 is 11.8 Å². The maximum Gasteiger partial charge on any atom is 0.312 e. The first-order valence-electron chi connectivity index (χ1n) is 9.12. The molecule has 2 heterocycles. The molecule has 2 aromatic rings. The summed E-state index contributed by atoms with van der Waals surface area (Å²) in [5.74, 6) is -1.22. The normalized spacial score (nSPS) is 16.9. The number of aromatic nitrogens is 2. The summed E-state index contributed by atoms with van der Waals surface area (Å²) in [4.78, 5) is 39.9. The molecular formula is C19H21N5O3. The van der Waals surface area contributed by atoms with E-state index in [4.69, 9.17) is 0 Å². The Morgan fingerprint density at radius 3 is 2.26 bits per heavy atom. The van der Waals surface area contributed by atoms with Crippen molar-refractivity contribution in [1.82, 2.24) is 24.9 Å². The second-order valence-electron chi connectivity index (χ2n) is 6.81. The summed E-state index contributed by atoms with van der Waals surface area (Å²) in [7, 11) is 0. The summed E-state index contributed by atoms with van der Waals surface area (Å²) in [5.41, 5.74) is 1.25. The molecule has 1 aliphatic heterocycles. The van der Waals surface area contributed by atoms with Crippen molar-refractivity contribution in [3.05, 3.63) is 48.3 Å². The van der Waals surface area contributed by atoms with Gasteiger partial charge in [-0.3, -0.25) is 14.4 Å². The van der Waals surface area contributed by atoms with Crippen molar-refractivity contribution in [1.29, 1.82) is 0 Å². The molecule has 1 aromatic carbocycles. The lowest BCUT2D eigenvalue weighted by Crippen LogP contribution is -2.54. The van der Waals surface area contributed by atoms with E-state index in [2.05, 4.69) is 10.4 Å². The molecule has 140 valence electrons. The Balaban J connectivity index is 1.34. The van der Waals surface area contributed by atoms with Gasteiger partial charge in [0.25, 0.3) is 5.91 Å². The topological polar surface area (TPSA) is 87.5 Å². The van der Waals surface area contributed by atoms with E-state index < -0.39 is 11.8 Å². The van der Waals surface area contributed by atoms with Gasteiger partial charge in [-0.1, -0.05) is 18.2 Å². The molecule has 0 spiro atoms. The molecule has 4 rings (SSSR count). The minimum absolute atomic E-state index is 0.157. The molecule has 0 unspecified atom stereocenters. The molecule has 2 fully saturated rings. The third-order valence-corrected chi connectivity index (χ3v) is 4.79. The highest BCUT2D eigenvalue weighted by molar-refractivity contribution is 6.35. The highest BCUT2D eigenvalue weighted by Gasteiger charge is 2.32. The number of piperazine rings is 1. The van der Waals surface area contributed by atoms with E-state index >= 15 is 0 Å². The smallest absolute Gasteiger partial charge is 0.312 e. The SMILES string of the molecule is O=C(NC1CC1)C(=O)N1CCN(C(=O)c2ccn(-c3ccccc3)n2)CC1. The van der Waals surface area contributed by atoms with Gasteiger partial charge in [-0.2, -0.15) is 5.10 Å². The van der Waals surface area contributed by atoms with Crippen molar-refractivity contribution in [2.24, 2.45) is 0 Å². The Morgan fingerprint density at radius 2 is 1.59 bits per heavy atom. The lowest BCUT2D eigenvalue weighted by molar-refractivity contribution is -0.146. The Bertz CT molecular complexity index is 851. The molecule has 1 aromatic heterocycles. The van der Waals surface area contributed by atoms with Gasteiger partial charge < -0.3 is 15.1 Å². The monoisotopic (exact) mass is 367 g/mol. The van der Waals surface area contributed by atoms with Crippen LogP contribution in [0.15, 0.2) is 42.6 Å². The molecule has 1 aliphatic carbocycles.